The Morgan fingerprint density at radius 2 is 2.19 bits per heavy atom. The first kappa shape index (κ1) is 15.5. The Balaban J connectivity index is 2.13. The Hall–Kier alpha value is -1.85. The van der Waals surface area contributed by atoms with Crippen molar-refractivity contribution < 1.29 is 14.3 Å². The van der Waals surface area contributed by atoms with Gasteiger partial charge in [0.1, 0.15) is 6.04 Å². The van der Waals surface area contributed by atoms with Gasteiger partial charge in [0.05, 0.1) is 22.4 Å². The lowest BCUT2D eigenvalue weighted by Crippen LogP contribution is -2.35. The fourth-order valence-corrected chi connectivity index (χ4v) is 2.05. The molecular weight excluding hydrogens is 292 g/mol. The molecule has 0 bridgehead atoms. The highest BCUT2D eigenvalue weighted by Gasteiger charge is 2.19. The molecule has 0 radical (unpaired) electrons. The smallest absolute Gasteiger partial charge is 0.338 e. The van der Waals surface area contributed by atoms with Crippen molar-refractivity contribution in [3.63, 3.8) is 0 Å². The van der Waals surface area contributed by atoms with E-state index in [1.165, 1.54) is 6.07 Å². The molecule has 0 unspecified atom stereocenters. The van der Waals surface area contributed by atoms with E-state index in [9.17, 15) is 9.59 Å². The summed E-state index contributed by atoms with van der Waals surface area (Å²) in [6, 6.07) is 4.26. The number of ether oxygens (including phenoxy) is 1. The third-order valence-electron chi connectivity index (χ3n) is 2.87. The summed E-state index contributed by atoms with van der Waals surface area (Å²) in [5, 5.41) is 6.08. The van der Waals surface area contributed by atoms with Crippen LogP contribution in [0.5, 0.6) is 0 Å². The van der Waals surface area contributed by atoms with Crippen molar-refractivity contribution in [3.05, 3.63) is 40.9 Å². The largest absolute Gasteiger partial charge is 0.459 e. The van der Waals surface area contributed by atoms with Crippen molar-refractivity contribution in [1.82, 2.24) is 5.32 Å². The van der Waals surface area contributed by atoms with Crippen molar-refractivity contribution in [2.24, 2.45) is 0 Å². The molecule has 0 saturated heterocycles. The first-order valence-electron chi connectivity index (χ1n) is 6.69. The van der Waals surface area contributed by atoms with Gasteiger partial charge in [-0.15, -0.1) is 0 Å². The maximum absolute atomic E-state index is 12.0. The molecule has 1 aliphatic heterocycles. The van der Waals surface area contributed by atoms with Crippen LogP contribution < -0.4 is 10.6 Å². The summed E-state index contributed by atoms with van der Waals surface area (Å²) in [5.74, 6) is -0.670. The lowest BCUT2D eigenvalue weighted by molar-refractivity contribution is -0.116. The summed E-state index contributed by atoms with van der Waals surface area (Å²) in [4.78, 5) is 23.9. The van der Waals surface area contributed by atoms with Crippen LogP contribution >= 0.6 is 11.6 Å². The summed E-state index contributed by atoms with van der Waals surface area (Å²) in [7, 11) is 0. The van der Waals surface area contributed by atoms with Gasteiger partial charge in [0.15, 0.2) is 0 Å². The SMILES string of the molecule is CC(C)OC(=O)c1ccc(Cl)c(NC(=O)[C@H]2C=CCN2)c1. The Kier molecular flexibility index (Phi) is 4.98. The molecule has 2 N–H and O–H groups in total. The summed E-state index contributed by atoms with van der Waals surface area (Å²) < 4.78 is 5.12. The molecule has 0 spiro atoms. The minimum Gasteiger partial charge on any atom is -0.459 e. The van der Waals surface area contributed by atoms with Gasteiger partial charge in [-0.1, -0.05) is 23.8 Å². The molecule has 1 atom stereocenters. The molecule has 0 saturated carbocycles. The van der Waals surface area contributed by atoms with E-state index >= 15 is 0 Å². The standard InChI is InChI=1S/C15H17ClN2O3/c1-9(2)21-15(20)10-5-6-11(16)13(8-10)18-14(19)12-4-3-7-17-12/h3-6,8-9,12,17H,7H2,1-2H3,(H,18,19)/t12-/m1/s1. The summed E-state index contributed by atoms with van der Waals surface area (Å²) in [6.45, 7) is 4.20. The quantitative estimate of drug-likeness (QED) is 0.662. The Bertz CT molecular complexity index is 584. The minimum absolute atomic E-state index is 0.209. The number of halogens is 1. The van der Waals surface area contributed by atoms with Gasteiger partial charge in [-0.2, -0.15) is 0 Å². The topological polar surface area (TPSA) is 67.4 Å². The number of hydrogen-bond acceptors (Lipinski definition) is 4. The fourth-order valence-electron chi connectivity index (χ4n) is 1.89. The average molecular weight is 309 g/mol. The van der Waals surface area contributed by atoms with E-state index in [-0.39, 0.29) is 18.1 Å². The van der Waals surface area contributed by atoms with Crippen LogP contribution in [0.3, 0.4) is 0 Å². The Labute approximate surface area is 128 Å². The van der Waals surface area contributed by atoms with E-state index in [1.54, 1.807) is 32.1 Å². The normalized spacial score (nSPS) is 17.0. The highest BCUT2D eigenvalue weighted by molar-refractivity contribution is 6.34. The fraction of sp³-hybridized carbons (Fsp3) is 0.333. The first-order chi connectivity index (χ1) is 9.97. The zero-order chi connectivity index (χ0) is 15.4. The molecule has 2 rings (SSSR count). The van der Waals surface area contributed by atoms with Crippen LogP contribution in [0, 0.1) is 0 Å². The number of rotatable bonds is 4. The lowest BCUT2D eigenvalue weighted by atomic mass is 10.2. The van der Waals surface area contributed by atoms with E-state index < -0.39 is 5.97 Å². The maximum atomic E-state index is 12.0. The van der Waals surface area contributed by atoms with Crippen molar-refractivity contribution in [1.29, 1.82) is 0 Å². The molecule has 1 aromatic carbocycles. The number of carbonyl (C=O) groups excluding carboxylic acids is 2. The zero-order valence-electron chi connectivity index (χ0n) is 11.9. The second-order valence-electron chi connectivity index (χ2n) is 4.95. The van der Waals surface area contributed by atoms with Crippen molar-refractivity contribution in [2.75, 3.05) is 11.9 Å². The van der Waals surface area contributed by atoms with Crippen molar-refractivity contribution >= 4 is 29.2 Å². The second-order valence-corrected chi connectivity index (χ2v) is 5.36. The lowest BCUT2D eigenvalue weighted by Gasteiger charge is -2.13. The van der Waals surface area contributed by atoms with E-state index in [1.807, 2.05) is 6.08 Å². The van der Waals surface area contributed by atoms with Gasteiger partial charge < -0.3 is 10.1 Å². The van der Waals surface area contributed by atoms with E-state index in [0.29, 0.717) is 22.8 Å². The Morgan fingerprint density at radius 1 is 1.43 bits per heavy atom. The molecule has 5 nitrogen and oxygen atoms in total. The van der Waals surface area contributed by atoms with Crippen molar-refractivity contribution in [2.45, 2.75) is 26.0 Å². The Morgan fingerprint density at radius 3 is 2.81 bits per heavy atom. The molecule has 6 heteroatoms. The van der Waals surface area contributed by atoms with Crippen LogP contribution in [0.1, 0.15) is 24.2 Å². The van der Waals surface area contributed by atoms with Gasteiger partial charge in [-0.05, 0) is 32.0 Å². The van der Waals surface area contributed by atoms with Crippen LogP contribution in [0.2, 0.25) is 5.02 Å². The minimum atomic E-state index is -0.448. The van der Waals surface area contributed by atoms with E-state index in [2.05, 4.69) is 10.6 Å². The molecule has 0 aromatic heterocycles. The molecule has 1 aromatic rings. The molecule has 112 valence electrons. The predicted octanol–water partition coefficient (Wildman–Crippen LogP) is 2.37. The van der Waals surface area contributed by atoms with Gasteiger partial charge in [0.2, 0.25) is 5.91 Å². The highest BCUT2D eigenvalue weighted by Crippen LogP contribution is 2.24. The molecular formula is C15H17ClN2O3. The third kappa shape index (κ3) is 4.06. The van der Waals surface area contributed by atoms with Gasteiger partial charge in [0, 0.05) is 6.54 Å². The van der Waals surface area contributed by atoms with Gasteiger partial charge in [-0.3, -0.25) is 10.1 Å². The number of anilines is 1. The number of amides is 1. The van der Waals surface area contributed by atoms with E-state index in [4.69, 9.17) is 16.3 Å². The predicted molar refractivity (Wildman–Crippen MR) is 81.6 cm³/mol. The summed E-state index contributed by atoms with van der Waals surface area (Å²) >= 11 is 6.05. The molecule has 1 amide bonds. The van der Waals surface area contributed by atoms with Crippen molar-refractivity contribution in [3.8, 4) is 0 Å². The number of hydrogen-bond donors (Lipinski definition) is 2. The average Bonchev–Trinajstić information content (AvgIpc) is 2.94. The van der Waals surface area contributed by atoms with Crippen LogP contribution in [-0.2, 0) is 9.53 Å². The number of esters is 1. The third-order valence-corrected chi connectivity index (χ3v) is 3.20. The summed E-state index contributed by atoms with van der Waals surface area (Å²) in [6.07, 6.45) is 3.45. The van der Waals surface area contributed by atoms with Gasteiger partial charge in [0.25, 0.3) is 0 Å². The molecule has 0 fully saturated rings. The number of benzene rings is 1. The molecule has 21 heavy (non-hydrogen) atoms. The monoisotopic (exact) mass is 308 g/mol. The van der Waals surface area contributed by atoms with Crippen LogP contribution in [0.15, 0.2) is 30.4 Å². The van der Waals surface area contributed by atoms with Gasteiger partial charge >= 0.3 is 5.97 Å². The van der Waals surface area contributed by atoms with Crippen LogP contribution in [0.25, 0.3) is 0 Å². The number of nitrogens with one attached hydrogen (secondary N) is 2. The van der Waals surface area contributed by atoms with Crippen LogP contribution in [0.4, 0.5) is 5.69 Å². The molecule has 1 aliphatic rings. The van der Waals surface area contributed by atoms with Crippen LogP contribution in [-0.4, -0.2) is 30.6 Å². The van der Waals surface area contributed by atoms with E-state index in [0.717, 1.165) is 0 Å². The highest BCUT2D eigenvalue weighted by atomic mass is 35.5. The molecule has 1 heterocycles. The summed E-state index contributed by atoms with van der Waals surface area (Å²) in [5.41, 5.74) is 0.736. The zero-order valence-corrected chi connectivity index (χ0v) is 12.6. The first-order valence-corrected chi connectivity index (χ1v) is 7.06. The second kappa shape index (κ2) is 6.74. The van der Waals surface area contributed by atoms with Gasteiger partial charge in [-0.25, -0.2) is 4.79 Å². The molecule has 0 aliphatic carbocycles. The maximum Gasteiger partial charge on any atom is 0.338 e. The number of carbonyl (C=O) groups is 2.